The van der Waals surface area contributed by atoms with Gasteiger partial charge >= 0.3 is 5.69 Å². The summed E-state index contributed by atoms with van der Waals surface area (Å²) in [5.74, 6) is 0.580. The number of ether oxygens (including phenoxy) is 1. The average molecular weight is 258 g/mol. The third-order valence-corrected chi connectivity index (χ3v) is 3.84. The van der Waals surface area contributed by atoms with Gasteiger partial charge in [0.25, 0.3) is 5.56 Å². The van der Waals surface area contributed by atoms with Crippen molar-refractivity contribution in [3.05, 3.63) is 32.6 Å². The second kappa shape index (κ2) is 5.07. The zero-order valence-corrected chi connectivity index (χ0v) is 10.2. The van der Waals surface area contributed by atoms with Crippen LogP contribution in [0, 0.1) is 6.92 Å². The van der Waals surface area contributed by atoms with E-state index in [2.05, 4.69) is 4.98 Å². The van der Waals surface area contributed by atoms with Crippen molar-refractivity contribution in [1.82, 2.24) is 9.55 Å². The van der Waals surface area contributed by atoms with Crippen molar-refractivity contribution in [2.75, 3.05) is 19.0 Å². The Morgan fingerprint density at radius 1 is 1.65 bits per heavy atom. The number of rotatable bonds is 2. The topological polar surface area (TPSA) is 84.3 Å². The van der Waals surface area contributed by atoms with Gasteiger partial charge in [-0.3, -0.25) is 14.3 Å². The number of aliphatic hydroxyl groups excluding tert-OH is 1. The number of thioether (sulfide) groups is 1. The molecule has 0 saturated carbocycles. The van der Waals surface area contributed by atoms with Gasteiger partial charge in [-0.15, -0.1) is 11.8 Å². The van der Waals surface area contributed by atoms with Crippen LogP contribution in [0.2, 0.25) is 0 Å². The summed E-state index contributed by atoms with van der Waals surface area (Å²) in [5, 5.41) is 9.03. The van der Waals surface area contributed by atoms with Gasteiger partial charge < -0.3 is 9.84 Å². The lowest BCUT2D eigenvalue weighted by Gasteiger charge is -2.28. The van der Waals surface area contributed by atoms with Crippen molar-refractivity contribution in [2.24, 2.45) is 0 Å². The summed E-state index contributed by atoms with van der Waals surface area (Å²) in [6.45, 7) is 2.11. The molecule has 0 radical (unpaired) electrons. The molecule has 0 aromatic carbocycles. The minimum absolute atomic E-state index is 0.0609. The Kier molecular flexibility index (Phi) is 3.70. The van der Waals surface area contributed by atoms with Crippen LogP contribution in [0.25, 0.3) is 0 Å². The summed E-state index contributed by atoms with van der Waals surface area (Å²) in [4.78, 5) is 25.1. The van der Waals surface area contributed by atoms with E-state index < -0.39 is 5.69 Å². The standard InChI is InChI=1S/C10H14N2O4S/c1-6-2-12(10(15)11-9(6)14)8-5-17-7(3-13)4-16-8/h2,7-8,13H,3-5H2,1H3,(H,11,14,15). The van der Waals surface area contributed by atoms with E-state index in [-0.39, 0.29) is 23.6 Å². The minimum atomic E-state index is -0.464. The van der Waals surface area contributed by atoms with Crippen molar-refractivity contribution in [1.29, 1.82) is 0 Å². The van der Waals surface area contributed by atoms with E-state index in [4.69, 9.17) is 9.84 Å². The summed E-state index contributed by atoms with van der Waals surface area (Å²) in [7, 11) is 0. The molecule has 1 aliphatic rings. The summed E-state index contributed by atoms with van der Waals surface area (Å²) in [5.41, 5.74) is -0.362. The molecular formula is C10H14N2O4S. The molecule has 1 saturated heterocycles. The first-order valence-electron chi connectivity index (χ1n) is 5.28. The number of hydrogen-bond donors (Lipinski definition) is 2. The normalized spacial score (nSPS) is 24.8. The number of aromatic nitrogens is 2. The molecule has 0 bridgehead atoms. The summed E-state index contributed by atoms with van der Waals surface area (Å²) in [6.07, 6.45) is 1.12. The number of hydrogen-bond acceptors (Lipinski definition) is 5. The van der Waals surface area contributed by atoms with Crippen LogP contribution in [0.3, 0.4) is 0 Å². The van der Waals surface area contributed by atoms with Crippen LogP contribution in [0.1, 0.15) is 11.8 Å². The van der Waals surface area contributed by atoms with Gasteiger partial charge in [-0.2, -0.15) is 0 Å². The zero-order valence-electron chi connectivity index (χ0n) is 9.38. The zero-order chi connectivity index (χ0) is 12.4. The molecule has 6 nitrogen and oxygen atoms in total. The monoisotopic (exact) mass is 258 g/mol. The Balaban J connectivity index is 2.22. The van der Waals surface area contributed by atoms with Crippen LogP contribution in [-0.4, -0.2) is 38.9 Å². The predicted octanol–water partition coefficient (Wildman–Crippen LogP) is -0.532. The molecule has 2 heterocycles. The lowest BCUT2D eigenvalue weighted by atomic mass is 10.4. The number of aromatic amines is 1. The van der Waals surface area contributed by atoms with Gasteiger partial charge in [0.2, 0.25) is 0 Å². The molecule has 0 amide bonds. The molecule has 1 aliphatic heterocycles. The van der Waals surface area contributed by atoms with Gasteiger partial charge in [-0.25, -0.2) is 4.79 Å². The Morgan fingerprint density at radius 3 is 3.00 bits per heavy atom. The maximum absolute atomic E-state index is 11.6. The fraction of sp³-hybridized carbons (Fsp3) is 0.600. The molecule has 1 aromatic rings. The van der Waals surface area contributed by atoms with Gasteiger partial charge in [0.1, 0.15) is 6.23 Å². The molecule has 2 rings (SSSR count). The van der Waals surface area contributed by atoms with Gasteiger partial charge in [0.05, 0.1) is 18.5 Å². The second-order valence-corrected chi connectivity index (χ2v) is 5.24. The highest BCUT2D eigenvalue weighted by Crippen LogP contribution is 2.25. The van der Waals surface area contributed by atoms with Crippen LogP contribution in [0.4, 0.5) is 0 Å². The van der Waals surface area contributed by atoms with Crippen molar-refractivity contribution in [3.8, 4) is 0 Å². The molecule has 0 aliphatic carbocycles. The first-order valence-corrected chi connectivity index (χ1v) is 6.33. The van der Waals surface area contributed by atoms with E-state index in [0.29, 0.717) is 17.9 Å². The Labute approximate surface area is 102 Å². The predicted molar refractivity (Wildman–Crippen MR) is 64.4 cm³/mol. The fourth-order valence-corrected chi connectivity index (χ4v) is 2.57. The summed E-state index contributed by atoms with van der Waals surface area (Å²) in [6, 6.07) is 0. The van der Waals surface area contributed by atoms with Gasteiger partial charge in [0, 0.05) is 17.5 Å². The Bertz CT molecular complexity index is 502. The summed E-state index contributed by atoms with van der Waals surface area (Å²) < 4.78 is 6.89. The van der Waals surface area contributed by atoms with Crippen molar-refractivity contribution < 1.29 is 9.84 Å². The lowest BCUT2D eigenvalue weighted by molar-refractivity contribution is 0.00462. The second-order valence-electron chi connectivity index (χ2n) is 3.90. The first kappa shape index (κ1) is 12.4. The molecule has 0 spiro atoms. The molecular weight excluding hydrogens is 244 g/mol. The number of nitrogens with one attached hydrogen (secondary N) is 1. The van der Waals surface area contributed by atoms with E-state index >= 15 is 0 Å². The first-order chi connectivity index (χ1) is 8.11. The van der Waals surface area contributed by atoms with Crippen molar-refractivity contribution >= 4 is 11.8 Å². The maximum atomic E-state index is 11.6. The molecule has 1 aromatic heterocycles. The lowest BCUT2D eigenvalue weighted by Crippen LogP contribution is -2.38. The summed E-state index contributed by atoms with van der Waals surface area (Å²) >= 11 is 1.56. The quantitative estimate of drug-likeness (QED) is 0.745. The smallest absolute Gasteiger partial charge is 0.330 e. The molecule has 7 heteroatoms. The van der Waals surface area contributed by atoms with E-state index in [1.807, 2.05) is 0 Å². The van der Waals surface area contributed by atoms with E-state index in [1.165, 1.54) is 10.8 Å². The third-order valence-electron chi connectivity index (χ3n) is 2.61. The molecule has 2 unspecified atom stereocenters. The Hall–Kier alpha value is -1.05. The number of nitrogens with zero attached hydrogens (tertiary/aromatic N) is 1. The van der Waals surface area contributed by atoms with Crippen LogP contribution in [0.5, 0.6) is 0 Å². The van der Waals surface area contributed by atoms with E-state index in [0.717, 1.165) is 0 Å². The molecule has 17 heavy (non-hydrogen) atoms. The van der Waals surface area contributed by atoms with Crippen LogP contribution in [-0.2, 0) is 4.74 Å². The highest BCUT2D eigenvalue weighted by molar-refractivity contribution is 8.00. The van der Waals surface area contributed by atoms with E-state index in [1.54, 1.807) is 18.7 Å². The van der Waals surface area contributed by atoms with Gasteiger partial charge in [-0.1, -0.05) is 0 Å². The average Bonchev–Trinajstić information content (AvgIpc) is 2.34. The van der Waals surface area contributed by atoms with Crippen LogP contribution in [0.15, 0.2) is 15.8 Å². The van der Waals surface area contributed by atoms with Crippen molar-refractivity contribution in [3.63, 3.8) is 0 Å². The number of H-pyrrole nitrogens is 1. The van der Waals surface area contributed by atoms with Crippen LogP contribution >= 0.6 is 11.8 Å². The minimum Gasteiger partial charge on any atom is -0.395 e. The molecule has 94 valence electrons. The third kappa shape index (κ3) is 2.62. The number of aliphatic hydroxyl groups is 1. The molecule has 2 N–H and O–H groups in total. The Morgan fingerprint density at radius 2 is 2.41 bits per heavy atom. The van der Waals surface area contributed by atoms with Gasteiger partial charge in [0.15, 0.2) is 0 Å². The molecule has 1 fully saturated rings. The van der Waals surface area contributed by atoms with Crippen molar-refractivity contribution in [2.45, 2.75) is 18.4 Å². The van der Waals surface area contributed by atoms with Crippen LogP contribution < -0.4 is 11.2 Å². The maximum Gasteiger partial charge on any atom is 0.330 e. The highest BCUT2D eigenvalue weighted by atomic mass is 32.2. The largest absolute Gasteiger partial charge is 0.395 e. The fourth-order valence-electron chi connectivity index (χ4n) is 1.60. The molecule has 2 atom stereocenters. The van der Waals surface area contributed by atoms with E-state index in [9.17, 15) is 9.59 Å². The van der Waals surface area contributed by atoms with Gasteiger partial charge in [-0.05, 0) is 6.92 Å². The highest BCUT2D eigenvalue weighted by Gasteiger charge is 2.23. The SMILES string of the molecule is Cc1cn(C2CSC(CO)CO2)c(=O)[nH]c1=O. The number of aryl methyl sites for hydroxylation is 1.